The second-order valence-electron chi connectivity index (χ2n) is 4.41. The van der Waals surface area contributed by atoms with Crippen molar-refractivity contribution in [2.24, 2.45) is 0 Å². The molecule has 15 heavy (non-hydrogen) atoms. The van der Waals surface area contributed by atoms with Gasteiger partial charge in [-0.25, -0.2) is 0 Å². The monoisotopic (exact) mass is 242 g/mol. The van der Waals surface area contributed by atoms with Gasteiger partial charge in [0.1, 0.15) is 0 Å². The van der Waals surface area contributed by atoms with Crippen molar-refractivity contribution in [1.82, 2.24) is 0 Å². The van der Waals surface area contributed by atoms with Gasteiger partial charge in [0.05, 0.1) is 5.02 Å². The summed E-state index contributed by atoms with van der Waals surface area (Å²) in [7, 11) is 0. The Bertz CT molecular complexity index is 380. The van der Waals surface area contributed by atoms with Crippen molar-refractivity contribution in [3.63, 3.8) is 0 Å². The third-order valence-corrected chi connectivity index (χ3v) is 3.16. The van der Waals surface area contributed by atoms with Crippen molar-refractivity contribution >= 4 is 29.1 Å². The highest BCUT2D eigenvalue weighted by Gasteiger charge is 2.13. The van der Waals surface area contributed by atoms with E-state index in [0.29, 0.717) is 10.6 Å². The van der Waals surface area contributed by atoms with Gasteiger partial charge in [0.2, 0.25) is 0 Å². The van der Waals surface area contributed by atoms with Gasteiger partial charge in [-0.05, 0) is 25.1 Å². The van der Waals surface area contributed by atoms with Crippen LogP contribution in [0.25, 0.3) is 0 Å². The second kappa shape index (κ2) is 4.58. The molecule has 82 valence electrons. The van der Waals surface area contributed by atoms with Crippen LogP contribution < -0.4 is 0 Å². The highest BCUT2D eigenvalue weighted by molar-refractivity contribution is 8.00. The minimum atomic E-state index is 0.00677. The molecule has 0 heterocycles. The molecule has 0 aliphatic rings. The molecule has 0 spiro atoms. The smallest absolute Gasteiger partial charge is 0.161 e. The first-order valence-corrected chi connectivity index (χ1v) is 5.98. The first kappa shape index (κ1) is 12.6. The Morgan fingerprint density at radius 3 is 2.33 bits per heavy atom. The lowest BCUT2D eigenvalue weighted by molar-refractivity contribution is 0.101. The third-order valence-electron chi connectivity index (χ3n) is 1.74. The summed E-state index contributed by atoms with van der Waals surface area (Å²) >= 11 is 7.76. The molecule has 0 aromatic heterocycles. The van der Waals surface area contributed by atoms with E-state index in [9.17, 15) is 4.79 Å². The fourth-order valence-electron chi connectivity index (χ4n) is 1.20. The molecule has 1 aromatic rings. The third kappa shape index (κ3) is 3.88. The molecule has 0 N–H and O–H groups in total. The quantitative estimate of drug-likeness (QED) is 0.564. The van der Waals surface area contributed by atoms with Crippen LogP contribution in [0.3, 0.4) is 0 Å². The van der Waals surface area contributed by atoms with Crippen LogP contribution in [0.15, 0.2) is 23.1 Å². The molecule has 0 aliphatic carbocycles. The molecular weight excluding hydrogens is 228 g/mol. The lowest BCUT2D eigenvalue weighted by atomic mass is 10.1. The number of rotatable bonds is 2. The number of halogens is 1. The molecular formula is C12H15ClOS. The molecule has 3 heteroatoms. The predicted octanol–water partition coefficient (Wildman–Crippen LogP) is 4.43. The zero-order valence-electron chi connectivity index (χ0n) is 9.43. The Morgan fingerprint density at radius 2 is 1.93 bits per heavy atom. The Hall–Kier alpha value is -0.470. The van der Waals surface area contributed by atoms with Crippen molar-refractivity contribution in [2.45, 2.75) is 37.3 Å². The Morgan fingerprint density at radius 1 is 1.33 bits per heavy atom. The van der Waals surface area contributed by atoms with Gasteiger partial charge in [-0.2, -0.15) is 0 Å². The molecule has 0 saturated carbocycles. The largest absolute Gasteiger partial charge is 0.294 e. The van der Waals surface area contributed by atoms with E-state index in [-0.39, 0.29) is 10.5 Å². The fraction of sp³-hybridized carbons (Fsp3) is 0.417. The summed E-state index contributed by atoms with van der Waals surface area (Å²) in [4.78, 5) is 12.3. The maximum atomic E-state index is 11.2. The Balaban J connectivity index is 2.97. The van der Waals surface area contributed by atoms with Gasteiger partial charge in [-0.1, -0.05) is 32.4 Å². The van der Waals surface area contributed by atoms with E-state index in [1.54, 1.807) is 17.8 Å². The maximum Gasteiger partial charge on any atom is 0.161 e. The summed E-state index contributed by atoms with van der Waals surface area (Å²) in [6, 6.07) is 5.59. The van der Waals surface area contributed by atoms with Gasteiger partial charge < -0.3 is 0 Å². The van der Waals surface area contributed by atoms with Crippen LogP contribution in [-0.2, 0) is 0 Å². The van der Waals surface area contributed by atoms with Gasteiger partial charge >= 0.3 is 0 Å². The number of hydrogen-bond donors (Lipinski definition) is 0. The molecule has 0 atom stereocenters. The van der Waals surface area contributed by atoms with E-state index in [0.717, 1.165) is 4.90 Å². The SMILES string of the molecule is CC(=O)c1ccc(SC(C)(C)C)cc1Cl. The number of carbonyl (C=O) groups excluding carboxylic acids is 1. The number of thioether (sulfide) groups is 1. The van der Waals surface area contributed by atoms with Gasteiger partial charge in [-0.15, -0.1) is 11.8 Å². The summed E-state index contributed by atoms with van der Waals surface area (Å²) in [5.74, 6) is 0.00677. The summed E-state index contributed by atoms with van der Waals surface area (Å²) < 4.78 is 0.154. The van der Waals surface area contributed by atoms with Crippen molar-refractivity contribution in [2.75, 3.05) is 0 Å². The first-order valence-electron chi connectivity index (χ1n) is 4.79. The minimum absolute atomic E-state index is 0.00677. The summed E-state index contributed by atoms with van der Waals surface area (Å²) in [5, 5.41) is 0.539. The number of Topliss-reactive ketones (excluding diaryl/α,β-unsaturated/α-hetero) is 1. The highest BCUT2D eigenvalue weighted by Crippen LogP contribution is 2.34. The highest BCUT2D eigenvalue weighted by atomic mass is 35.5. The zero-order chi connectivity index (χ0) is 11.6. The normalized spacial score (nSPS) is 11.5. The van der Waals surface area contributed by atoms with E-state index >= 15 is 0 Å². The Kier molecular flexibility index (Phi) is 3.85. The van der Waals surface area contributed by atoms with Crippen LogP contribution in [0, 0.1) is 0 Å². The molecule has 0 unspecified atom stereocenters. The molecule has 0 aliphatic heterocycles. The lowest BCUT2D eigenvalue weighted by Crippen LogP contribution is -2.06. The van der Waals surface area contributed by atoms with Crippen LogP contribution in [0.5, 0.6) is 0 Å². The second-order valence-corrected chi connectivity index (χ2v) is 6.72. The molecule has 1 aromatic carbocycles. The van der Waals surface area contributed by atoms with Gasteiger partial charge in [-0.3, -0.25) is 4.79 Å². The molecule has 0 radical (unpaired) electrons. The topological polar surface area (TPSA) is 17.1 Å². The van der Waals surface area contributed by atoms with E-state index in [2.05, 4.69) is 20.8 Å². The van der Waals surface area contributed by atoms with Crippen LogP contribution in [0.4, 0.5) is 0 Å². The van der Waals surface area contributed by atoms with Crippen molar-refractivity contribution in [1.29, 1.82) is 0 Å². The molecule has 0 amide bonds. The van der Waals surface area contributed by atoms with Crippen LogP contribution >= 0.6 is 23.4 Å². The van der Waals surface area contributed by atoms with Crippen molar-refractivity contribution in [3.8, 4) is 0 Å². The van der Waals surface area contributed by atoms with Crippen molar-refractivity contribution < 1.29 is 4.79 Å². The lowest BCUT2D eigenvalue weighted by Gasteiger charge is -2.17. The number of benzene rings is 1. The molecule has 0 saturated heterocycles. The van der Waals surface area contributed by atoms with Crippen LogP contribution in [0.2, 0.25) is 5.02 Å². The molecule has 0 bridgehead atoms. The number of hydrogen-bond acceptors (Lipinski definition) is 2. The molecule has 1 nitrogen and oxygen atoms in total. The Labute approximate surface area is 100 Å². The molecule has 0 fully saturated rings. The first-order chi connectivity index (χ1) is 6.79. The number of carbonyl (C=O) groups is 1. The maximum absolute atomic E-state index is 11.2. The van der Waals surface area contributed by atoms with E-state index in [1.807, 2.05) is 12.1 Å². The van der Waals surface area contributed by atoms with Gasteiger partial charge in [0.25, 0.3) is 0 Å². The average Bonchev–Trinajstić information content (AvgIpc) is 1.99. The minimum Gasteiger partial charge on any atom is -0.294 e. The van der Waals surface area contributed by atoms with E-state index in [4.69, 9.17) is 11.6 Å². The summed E-state index contributed by atoms with van der Waals surface area (Å²) in [6.45, 7) is 7.96. The average molecular weight is 243 g/mol. The zero-order valence-corrected chi connectivity index (χ0v) is 11.0. The van der Waals surface area contributed by atoms with E-state index in [1.165, 1.54) is 6.92 Å². The fourth-order valence-corrected chi connectivity index (χ4v) is 2.60. The molecule has 1 rings (SSSR count). The summed E-state index contributed by atoms with van der Waals surface area (Å²) in [6.07, 6.45) is 0. The predicted molar refractivity (Wildman–Crippen MR) is 67.1 cm³/mol. The standard InChI is InChI=1S/C12H15ClOS/c1-8(14)10-6-5-9(7-11(10)13)15-12(2,3)4/h5-7H,1-4H3. The van der Waals surface area contributed by atoms with E-state index < -0.39 is 0 Å². The number of ketones is 1. The van der Waals surface area contributed by atoms with Gasteiger partial charge in [0, 0.05) is 15.2 Å². The van der Waals surface area contributed by atoms with Gasteiger partial charge in [0.15, 0.2) is 5.78 Å². The van der Waals surface area contributed by atoms with Crippen LogP contribution in [-0.4, -0.2) is 10.5 Å². The van der Waals surface area contributed by atoms with Crippen molar-refractivity contribution in [3.05, 3.63) is 28.8 Å². The van der Waals surface area contributed by atoms with Crippen LogP contribution in [0.1, 0.15) is 38.1 Å². The summed E-state index contributed by atoms with van der Waals surface area (Å²) in [5.41, 5.74) is 0.593.